The predicted octanol–water partition coefficient (Wildman–Crippen LogP) is 1.93. The average Bonchev–Trinajstić information content (AvgIpc) is 3.21. The molecule has 2 unspecified atom stereocenters. The molecule has 118 valence electrons. The highest BCUT2D eigenvalue weighted by molar-refractivity contribution is 6.02. The van der Waals surface area contributed by atoms with Gasteiger partial charge in [-0.25, -0.2) is 0 Å². The van der Waals surface area contributed by atoms with E-state index < -0.39 is 28.7 Å². The molecule has 0 aromatic heterocycles. The average molecular weight is 312 g/mol. The molecule has 0 bridgehead atoms. The van der Waals surface area contributed by atoms with Crippen LogP contribution < -0.4 is 0 Å². The SMILES string of the molecule is CCOC(=O)C1(C#N)C(c2ccccc2)C1(C#N)C(=O)OCC. The molecule has 1 aliphatic rings. The van der Waals surface area contributed by atoms with E-state index >= 15 is 0 Å². The minimum Gasteiger partial charge on any atom is -0.465 e. The van der Waals surface area contributed by atoms with Gasteiger partial charge in [-0.1, -0.05) is 30.3 Å². The van der Waals surface area contributed by atoms with Crippen LogP contribution in [0, 0.1) is 33.5 Å². The van der Waals surface area contributed by atoms with Gasteiger partial charge in [-0.3, -0.25) is 9.59 Å². The second kappa shape index (κ2) is 6.10. The minimum absolute atomic E-state index is 0.0497. The summed E-state index contributed by atoms with van der Waals surface area (Å²) in [6.45, 7) is 3.30. The smallest absolute Gasteiger partial charge is 0.329 e. The van der Waals surface area contributed by atoms with E-state index in [0.717, 1.165) is 0 Å². The van der Waals surface area contributed by atoms with Gasteiger partial charge in [0.15, 0.2) is 10.8 Å². The van der Waals surface area contributed by atoms with Crippen molar-refractivity contribution < 1.29 is 19.1 Å². The Hall–Kier alpha value is -2.86. The van der Waals surface area contributed by atoms with Crippen LogP contribution in [0.4, 0.5) is 0 Å². The Morgan fingerprint density at radius 3 is 1.78 bits per heavy atom. The molecule has 0 radical (unpaired) electrons. The maximum atomic E-state index is 12.4. The van der Waals surface area contributed by atoms with Crippen LogP contribution in [0.1, 0.15) is 25.3 Å². The molecule has 2 atom stereocenters. The Kier molecular flexibility index (Phi) is 4.38. The quantitative estimate of drug-likeness (QED) is 0.770. The Labute approximate surface area is 134 Å². The summed E-state index contributed by atoms with van der Waals surface area (Å²) in [6, 6.07) is 12.3. The van der Waals surface area contributed by atoms with Crippen molar-refractivity contribution in [2.75, 3.05) is 13.2 Å². The lowest BCUT2D eigenvalue weighted by Crippen LogP contribution is -2.30. The summed E-state index contributed by atoms with van der Waals surface area (Å²) in [5.41, 5.74) is -3.21. The van der Waals surface area contributed by atoms with Crippen LogP contribution in [-0.4, -0.2) is 25.2 Å². The lowest BCUT2D eigenvalue weighted by Gasteiger charge is -2.11. The van der Waals surface area contributed by atoms with Gasteiger partial charge in [0.05, 0.1) is 25.4 Å². The van der Waals surface area contributed by atoms with Gasteiger partial charge in [0, 0.05) is 5.92 Å². The number of carbonyl (C=O) groups excluding carboxylic acids is 2. The third-order valence-electron chi connectivity index (χ3n) is 4.09. The molecule has 0 amide bonds. The topological polar surface area (TPSA) is 100 Å². The van der Waals surface area contributed by atoms with Gasteiger partial charge < -0.3 is 9.47 Å². The van der Waals surface area contributed by atoms with E-state index in [0.29, 0.717) is 5.56 Å². The molecule has 0 aliphatic heterocycles. The summed E-state index contributed by atoms with van der Waals surface area (Å²) in [4.78, 5) is 24.8. The Morgan fingerprint density at radius 1 is 1.00 bits per heavy atom. The number of nitriles is 2. The molecule has 2 rings (SSSR count). The van der Waals surface area contributed by atoms with Crippen molar-refractivity contribution in [3.63, 3.8) is 0 Å². The number of benzene rings is 1. The summed E-state index contributed by atoms with van der Waals surface area (Å²) < 4.78 is 9.95. The fraction of sp³-hybridized carbons (Fsp3) is 0.412. The number of esters is 2. The van der Waals surface area contributed by atoms with Gasteiger partial charge in [0.2, 0.25) is 0 Å². The highest BCUT2D eigenvalue weighted by Crippen LogP contribution is 2.74. The second-order valence-corrected chi connectivity index (χ2v) is 5.12. The normalized spacial score (nSPS) is 28.1. The van der Waals surface area contributed by atoms with Gasteiger partial charge >= 0.3 is 11.9 Å². The first-order valence-corrected chi connectivity index (χ1v) is 7.28. The van der Waals surface area contributed by atoms with E-state index in [2.05, 4.69) is 0 Å². The molecule has 1 fully saturated rings. The fourth-order valence-corrected chi connectivity index (χ4v) is 3.06. The Balaban J connectivity index is 2.62. The second-order valence-electron chi connectivity index (χ2n) is 5.12. The van der Waals surface area contributed by atoms with E-state index in [1.165, 1.54) is 0 Å². The Bertz CT molecular complexity index is 662. The van der Waals surface area contributed by atoms with E-state index in [-0.39, 0.29) is 13.2 Å². The van der Waals surface area contributed by atoms with Crippen LogP contribution in [0.5, 0.6) is 0 Å². The molecule has 0 heterocycles. The van der Waals surface area contributed by atoms with Crippen molar-refractivity contribution in [1.29, 1.82) is 10.5 Å². The highest BCUT2D eigenvalue weighted by atomic mass is 16.5. The first-order valence-electron chi connectivity index (χ1n) is 7.28. The first kappa shape index (κ1) is 16.5. The largest absolute Gasteiger partial charge is 0.465 e. The van der Waals surface area contributed by atoms with E-state index in [1.54, 1.807) is 44.2 Å². The summed E-state index contributed by atoms with van der Waals surface area (Å²) in [5.74, 6) is -2.65. The first-order chi connectivity index (χ1) is 11.1. The standard InChI is InChI=1S/C17H16N2O4/c1-3-22-14(20)16(10-18)13(12-8-6-5-7-9-12)17(16,11-19)15(21)23-4-2/h5-9,13H,3-4H2,1-2H3. The van der Waals surface area contributed by atoms with Crippen molar-refractivity contribution in [1.82, 2.24) is 0 Å². The number of rotatable bonds is 5. The van der Waals surface area contributed by atoms with Gasteiger partial charge in [0.1, 0.15) is 0 Å². The van der Waals surface area contributed by atoms with Crippen molar-refractivity contribution in [3.05, 3.63) is 35.9 Å². The zero-order chi connectivity index (χ0) is 17.1. The summed E-state index contributed by atoms with van der Waals surface area (Å²) in [5, 5.41) is 19.3. The van der Waals surface area contributed by atoms with Gasteiger partial charge in [-0.15, -0.1) is 0 Å². The molecule has 0 saturated heterocycles. The molecule has 23 heavy (non-hydrogen) atoms. The molecular weight excluding hydrogens is 296 g/mol. The third kappa shape index (κ3) is 2.07. The lowest BCUT2D eigenvalue weighted by atomic mass is 9.95. The van der Waals surface area contributed by atoms with Crippen LogP contribution in [0.25, 0.3) is 0 Å². The molecule has 1 aromatic carbocycles. The van der Waals surface area contributed by atoms with Crippen molar-refractivity contribution in [2.24, 2.45) is 10.8 Å². The molecule has 6 heteroatoms. The van der Waals surface area contributed by atoms with Gasteiger partial charge in [0.25, 0.3) is 0 Å². The molecule has 0 N–H and O–H groups in total. The summed E-state index contributed by atoms with van der Waals surface area (Å²) in [6.07, 6.45) is 0. The van der Waals surface area contributed by atoms with Crippen LogP contribution >= 0.6 is 0 Å². The van der Waals surface area contributed by atoms with Crippen LogP contribution in [0.15, 0.2) is 30.3 Å². The van der Waals surface area contributed by atoms with E-state index in [4.69, 9.17) is 9.47 Å². The maximum absolute atomic E-state index is 12.4. The van der Waals surface area contributed by atoms with Crippen LogP contribution in [0.2, 0.25) is 0 Å². The number of ether oxygens (including phenoxy) is 2. The Morgan fingerprint density at radius 2 is 1.43 bits per heavy atom. The summed E-state index contributed by atoms with van der Waals surface area (Å²) >= 11 is 0. The zero-order valence-electron chi connectivity index (χ0n) is 12.9. The molecule has 6 nitrogen and oxygen atoms in total. The third-order valence-corrected chi connectivity index (χ3v) is 4.09. The van der Waals surface area contributed by atoms with Crippen molar-refractivity contribution in [2.45, 2.75) is 19.8 Å². The number of carbonyl (C=O) groups is 2. The maximum Gasteiger partial charge on any atom is 0.329 e. The minimum atomic E-state index is -1.88. The number of nitrogens with zero attached hydrogens (tertiary/aromatic N) is 2. The van der Waals surface area contributed by atoms with E-state index in [1.807, 2.05) is 12.1 Å². The molecule has 1 aliphatic carbocycles. The zero-order valence-corrected chi connectivity index (χ0v) is 12.9. The molecule has 1 aromatic rings. The van der Waals surface area contributed by atoms with E-state index in [9.17, 15) is 20.1 Å². The summed E-state index contributed by atoms with van der Waals surface area (Å²) in [7, 11) is 0. The van der Waals surface area contributed by atoms with Gasteiger partial charge in [-0.2, -0.15) is 10.5 Å². The van der Waals surface area contributed by atoms with Gasteiger partial charge in [-0.05, 0) is 19.4 Å². The monoisotopic (exact) mass is 312 g/mol. The van der Waals surface area contributed by atoms with Crippen molar-refractivity contribution in [3.8, 4) is 12.1 Å². The highest BCUT2D eigenvalue weighted by Gasteiger charge is 2.89. The molecular formula is C17H16N2O4. The lowest BCUT2D eigenvalue weighted by molar-refractivity contribution is -0.155. The molecule has 0 spiro atoms. The van der Waals surface area contributed by atoms with Crippen LogP contribution in [-0.2, 0) is 19.1 Å². The van der Waals surface area contributed by atoms with Crippen LogP contribution in [0.3, 0.4) is 0 Å². The molecule has 1 saturated carbocycles. The number of hydrogen-bond donors (Lipinski definition) is 0. The van der Waals surface area contributed by atoms with Crippen molar-refractivity contribution >= 4 is 11.9 Å². The fourth-order valence-electron chi connectivity index (χ4n) is 3.06. The predicted molar refractivity (Wildman–Crippen MR) is 78.5 cm³/mol. The number of hydrogen-bond acceptors (Lipinski definition) is 6.